The number of pyridine rings is 1. The topological polar surface area (TPSA) is 56.7 Å². The highest BCUT2D eigenvalue weighted by Gasteiger charge is 2.40. The number of nitrogens with zero attached hydrogens (tertiary/aromatic N) is 3. The van der Waals surface area contributed by atoms with E-state index in [2.05, 4.69) is 24.5 Å². The fourth-order valence-corrected chi connectivity index (χ4v) is 3.81. The molecule has 5 nitrogen and oxygen atoms in total. The van der Waals surface area contributed by atoms with Crippen LogP contribution >= 0.6 is 11.8 Å². The number of rotatable bonds is 3. The molecular weight excluding hydrogens is 286 g/mol. The molecule has 2 atom stereocenters. The molecule has 1 aromatic rings. The molecule has 1 N–H and O–H groups in total. The molecule has 0 bridgehead atoms. The maximum atomic E-state index is 11.2. The van der Waals surface area contributed by atoms with Crippen molar-refractivity contribution in [2.45, 2.75) is 30.5 Å². The van der Waals surface area contributed by atoms with Crippen LogP contribution in [0.3, 0.4) is 0 Å². The van der Waals surface area contributed by atoms with Crippen molar-refractivity contribution in [3.8, 4) is 0 Å². The summed E-state index contributed by atoms with van der Waals surface area (Å²) in [6, 6.07) is 4.55. The Hall–Kier alpha value is -1.69. The molecule has 0 radical (unpaired) electrons. The maximum absolute atomic E-state index is 11.2. The van der Waals surface area contributed by atoms with E-state index >= 15 is 0 Å². The van der Waals surface area contributed by atoms with E-state index in [-0.39, 0.29) is 12.1 Å². The van der Waals surface area contributed by atoms with Gasteiger partial charge in [-0.1, -0.05) is 12.1 Å². The van der Waals surface area contributed by atoms with E-state index in [0.717, 1.165) is 23.0 Å². The second-order valence-electron chi connectivity index (χ2n) is 5.53. The highest BCUT2D eigenvalue weighted by molar-refractivity contribution is 7.99. The summed E-state index contributed by atoms with van der Waals surface area (Å²) < 4.78 is 0. The van der Waals surface area contributed by atoms with E-state index in [0.29, 0.717) is 13.1 Å². The summed E-state index contributed by atoms with van der Waals surface area (Å²) in [5, 5.41) is 10.2. The Balaban J connectivity index is 1.85. The van der Waals surface area contributed by atoms with Gasteiger partial charge in [-0.05, 0) is 25.0 Å². The zero-order valence-corrected chi connectivity index (χ0v) is 12.8. The molecule has 21 heavy (non-hydrogen) atoms. The van der Waals surface area contributed by atoms with Crippen LogP contribution in [0.2, 0.25) is 0 Å². The molecule has 0 aromatic carbocycles. The fraction of sp³-hybridized carbons (Fsp3) is 0.467. The molecule has 1 fully saturated rings. The summed E-state index contributed by atoms with van der Waals surface area (Å²) in [5.41, 5.74) is 1.22. The third kappa shape index (κ3) is 2.60. The fourth-order valence-electron chi connectivity index (χ4n) is 3.21. The van der Waals surface area contributed by atoms with Gasteiger partial charge < -0.3 is 14.9 Å². The van der Waals surface area contributed by atoms with Crippen LogP contribution in [0.5, 0.6) is 0 Å². The van der Waals surface area contributed by atoms with Crippen LogP contribution in [-0.4, -0.2) is 52.0 Å². The van der Waals surface area contributed by atoms with Crippen molar-refractivity contribution in [2.75, 3.05) is 23.7 Å². The number of carbonyl (C=O) groups is 1. The Labute approximate surface area is 128 Å². The minimum absolute atomic E-state index is 0.160. The van der Waals surface area contributed by atoms with Gasteiger partial charge >= 0.3 is 6.09 Å². The van der Waals surface area contributed by atoms with Crippen molar-refractivity contribution in [1.29, 1.82) is 0 Å². The van der Waals surface area contributed by atoms with E-state index in [1.807, 2.05) is 12.1 Å². The predicted molar refractivity (Wildman–Crippen MR) is 84.2 cm³/mol. The number of piperazine rings is 1. The quantitative estimate of drug-likeness (QED) is 0.687. The van der Waals surface area contributed by atoms with E-state index in [1.54, 1.807) is 11.8 Å². The Kier molecular flexibility index (Phi) is 3.80. The molecule has 1 aromatic heterocycles. The minimum Gasteiger partial charge on any atom is -0.465 e. The third-order valence-corrected chi connectivity index (χ3v) is 4.96. The van der Waals surface area contributed by atoms with Crippen molar-refractivity contribution in [3.63, 3.8) is 0 Å². The largest absolute Gasteiger partial charge is 0.465 e. The summed E-state index contributed by atoms with van der Waals surface area (Å²) in [6.45, 7) is 6.90. The average Bonchev–Trinajstić information content (AvgIpc) is 2.82. The number of hydrogen-bond donors (Lipinski definition) is 1. The lowest BCUT2D eigenvalue weighted by Gasteiger charge is -2.42. The van der Waals surface area contributed by atoms with Crippen LogP contribution in [0.25, 0.3) is 0 Å². The van der Waals surface area contributed by atoms with Crippen molar-refractivity contribution in [3.05, 3.63) is 30.4 Å². The van der Waals surface area contributed by atoms with Gasteiger partial charge in [-0.2, -0.15) is 0 Å². The third-order valence-electron chi connectivity index (χ3n) is 4.03. The van der Waals surface area contributed by atoms with Gasteiger partial charge in [-0.3, -0.25) is 0 Å². The Bertz CT molecular complexity index is 578. The van der Waals surface area contributed by atoms with Gasteiger partial charge in [0.15, 0.2) is 0 Å². The number of fused-ring (bicyclic) bond motifs is 3. The molecule has 0 spiro atoms. The average molecular weight is 305 g/mol. The number of anilines is 1. The molecule has 2 aliphatic rings. The lowest BCUT2D eigenvalue weighted by molar-refractivity contribution is 0.128. The molecule has 0 aliphatic carbocycles. The smallest absolute Gasteiger partial charge is 0.407 e. The van der Waals surface area contributed by atoms with Gasteiger partial charge in [0.05, 0.1) is 11.1 Å². The van der Waals surface area contributed by atoms with Crippen LogP contribution in [0.4, 0.5) is 10.6 Å². The number of thioether (sulfide) groups is 1. The monoisotopic (exact) mass is 305 g/mol. The van der Waals surface area contributed by atoms with Crippen molar-refractivity contribution < 1.29 is 9.90 Å². The molecule has 3 heterocycles. The molecule has 3 rings (SSSR count). The summed E-state index contributed by atoms with van der Waals surface area (Å²) in [6.07, 6.45) is 1.92. The van der Waals surface area contributed by atoms with Crippen LogP contribution in [0.15, 0.2) is 29.8 Å². The Morgan fingerprint density at radius 1 is 1.57 bits per heavy atom. The molecule has 1 amide bonds. The van der Waals surface area contributed by atoms with Gasteiger partial charge in [0, 0.05) is 24.9 Å². The molecule has 2 unspecified atom stereocenters. The highest BCUT2D eigenvalue weighted by atomic mass is 32.2. The lowest BCUT2D eigenvalue weighted by Crippen LogP contribution is -2.57. The summed E-state index contributed by atoms with van der Waals surface area (Å²) in [7, 11) is 0. The number of carboxylic acid groups (broad SMARTS) is 1. The second kappa shape index (κ2) is 5.60. The van der Waals surface area contributed by atoms with E-state index in [4.69, 9.17) is 4.98 Å². The van der Waals surface area contributed by atoms with Crippen LogP contribution in [0.1, 0.15) is 12.5 Å². The number of hydrogen-bond acceptors (Lipinski definition) is 4. The Morgan fingerprint density at radius 2 is 2.38 bits per heavy atom. The molecule has 1 saturated heterocycles. The van der Waals surface area contributed by atoms with E-state index in [9.17, 15) is 9.90 Å². The molecule has 6 heteroatoms. The van der Waals surface area contributed by atoms with Crippen molar-refractivity contribution in [1.82, 2.24) is 9.88 Å². The first-order valence-electron chi connectivity index (χ1n) is 7.10. The lowest BCUT2D eigenvalue weighted by atomic mass is 10.1. The Morgan fingerprint density at radius 3 is 3.10 bits per heavy atom. The van der Waals surface area contributed by atoms with E-state index < -0.39 is 6.09 Å². The molecule has 112 valence electrons. The van der Waals surface area contributed by atoms with E-state index in [1.165, 1.54) is 10.5 Å². The van der Waals surface area contributed by atoms with Gasteiger partial charge in [0.1, 0.15) is 5.82 Å². The first-order chi connectivity index (χ1) is 10.1. The first kappa shape index (κ1) is 14.3. The van der Waals surface area contributed by atoms with Gasteiger partial charge in [-0.15, -0.1) is 18.3 Å². The summed E-state index contributed by atoms with van der Waals surface area (Å²) >= 11 is 1.67. The van der Waals surface area contributed by atoms with Crippen molar-refractivity contribution >= 4 is 23.7 Å². The molecule has 0 saturated carbocycles. The van der Waals surface area contributed by atoms with Gasteiger partial charge in [-0.25, -0.2) is 9.78 Å². The van der Waals surface area contributed by atoms with Gasteiger partial charge in [0.25, 0.3) is 0 Å². The SMILES string of the molecule is C=CCSc1ccc2c(n1)N1C(C)CN(C(=O)O)CC1C2. The standard InChI is InChI=1S/C15H19N3O2S/c1-3-6-21-13-5-4-11-7-12-9-17(15(19)20)8-10(2)18(12)14(11)16-13/h3-5,10,12H,1,6-9H2,2H3,(H,19,20). The number of amides is 1. The number of aromatic nitrogens is 1. The zero-order valence-electron chi connectivity index (χ0n) is 12.0. The second-order valence-corrected chi connectivity index (χ2v) is 6.57. The van der Waals surface area contributed by atoms with Crippen LogP contribution < -0.4 is 4.90 Å². The predicted octanol–water partition coefficient (Wildman–Crippen LogP) is 2.47. The normalized spacial score (nSPS) is 23.7. The first-order valence-corrected chi connectivity index (χ1v) is 8.08. The van der Waals surface area contributed by atoms with Crippen LogP contribution in [0, 0.1) is 0 Å². The van der Waals surface area contributed by atoms with Crippen LogP contribution in [-0.2, 0) is 6.42 Å². The molecule has 2 aliphatic heterocycles. The summed E-state index contributed by atoms with van der Waals surface area (Å²) in [5.74, 6) is 1.88. The maximum Gasteiger partial charge on any atom is 0.407 e. The van der Waals surface area contributed by atoms with Crippen molar-refractivity contribution in [2.24, 2.45) is 0 Å². The highest BCUT2D eigenvalue weighted by Crippen LogP contribution is 2.36. The summed E-state index contributed by atoms with van der Waals surface area (Å²) in [4.78, 5) is 19.8. The van der Waals surface area contributed by atoms with Gasteiger partial charge in [0.2, 0.25) is 0 Å². The minimum atomic E-state index is -0.826. The molecular formula is C15H19N3O2S. The zero-order chi connectivity index (χ0) is 15.0.